The molecule has 7 nitrogen and oxygen atoms in total. The van der Waals surface area contributed by atoms with E-state index >= 15 is 0 Å². The summed E-state index contributed by atoms with van der Waals surface area (Å²) in [6.45, 7) is 7.10. The lowest BCUT2D eigenvalue weighted by Gasteiger charge is -2.26. The summed E-state index contributed by atoms with van der Waals surface area (Å²) < 4.78 is 11.3. The van der Waals surface area contributed by atoms with Crippen molar-refractivity contribution in [2.24, 2.45) is 5.10 Å². The molecule has 1 aromatic heterocycles. The first-order valence-corrected chi connectivity index (χ1v) is 10.8. The number of nitrogens with zero attached hydrogens (tertiary/aromatic N) is 2. The molecule has 0 saturated carbocycles. The predicted molar refractivity (Wildman–Crippen MR) is 117 cm³/mol. The molecule has 160 valence electrons. The zero-order valence-corrected chi connectivity index (χ0v) is 17.6. The average Bonchev–Trinajstić information content (AvgIpc) is 3.14. The largest absolute Gasteiger partial charge is 0.455 e. The SMILES string of the molecule is Cc1c(C(=O)NCCCN2CCOCC2)oc2c1/C(=N/Nc1ccccc1)CCC2. The number of carbonyl (C=O) groups excluding carboxylic acids is 1. The summed E-state index contributed by atoms with van der Waals surface area (Å²) in [7, 11) is 0. The normalized spacial score (nSPS) is 18.2. The highest BCUT2D eigenvalue weighted by Gasteiger charge is 2.27. The number of fused-ring (bicyclic) bond motifs is 1. The van der Waals surface area contributed by atoms with Crippen LogP contribution in [0, 0.1) is 6.92 Å². The minimum atomic E-state index is -0.140. The number of furan rings is 1. The second-order valence-corrected chi connectivity index (χ2v) is 7.81. The third-order valence-electron chi connectivity index (χ3n) is 5.67. The molecule has 1 saturated heterocycles. The molecule has 1 aromatic carbocycles. The third kappa shape index (κ3) is 4.91. The van der Waals surface area contributed by atoms with Crippen LogP contribution < -0.4 is 10.7 Å². The Balaban J connectivity index is 1.38. The molecule has 2 aliphatic rings. The van der Waals surface area contributed by atoms with E-state index in [1.807, 2.05) is 37.3 Å². The summed E-state index contributed by atoms with van der Waals surface area (Å²) in [5.74, 6) is 1.14. The molecule has 0 radical (unpaired) electrons. The summed E-state index contributed by atoms with van der Waals surface area (Å²) >= 11 is 0. The minimum absolute atomic E-state index is 0.140. The predicted octanol–water partition coefficient (Wildman–Crippen LogP) is 3.19. The fourth-order valence-corrected chi connectivity index (χ4v) is 4.05. The molecule has 1 aliphatic carbocycles. The second kappa shape index (κ2) is 9.91. The summed E-state index contributed by atoms with van der Waals surface area (Å²) in [5.41, 5.74) is 6.89. The maximum absolute atomic E-state index is 12.7. The average molecular weight is 411 g/mol. The van der Waals surface area contributed by atoms with Crippen molar-refractivity contribution in [2.45, 2.75) is 32.6 Å². The fraction of sp³-hybridized carbons (Fsp3) is 0.478. The van der Waals surface area contributed by atoms with E-state index in [0.29, 0.717) is 12.3 Å². The first-order chi connectivity index (χ1) is 14.7. The number of hydrazone groups is 1. The smallest absolute Gasteiger partial charge is 0.287 e. The van der Waals surface area contributed by atoms with Gasteiger partial charge in [0.1, 0.15) is 5.76 Å². The van der Waals surface area contributed by atoms with E-state index in [9.17, 15) is 4.79 Å². The lowest BCUT2D eigenvalue weighted by Crippen LogP contribution is -2.38. The molecule has 2 heterocycles. The number of carbonyl (C=O) groups is 1. The standard InChI is InChI=1S/C23H30N4O3/c1-17-21-19(26-25-18-7-3-2-4-8-18)9-5-10-20(21)30-22(17)23(28)24-11-6-12-27-13-15-29-16-14-27/h2-4,7-8,25H,5-6,9-16H2,1H3,(H,24,28)/b26-19+. The van der Waals surface area contributed by atoms with Gasteiger partial charge in [0.05, 0.1) is 24.6 Å². The molecule has 4 rings (SSSR count). The highest BCUT2D eigenvalue weighted by atomic mass is 16.5. The van der Waals surface area contributed by atoms with Gasteiger partial charge in [-0.1, -0.05) is 18.2 Å². The number of aryl methyl sites for hydroxylation is 1. The number of benzene rings is 1. The lowest BCUT2D eigenvalue weighted by molar-refractivity contribution is 0.0374. The first kappa shape index (κ1) is 20.6. The van der Waals surface area contributed by atoms with Crippen molar-refractivity contribution in [1.82, 2.24) is 10.2 Å². The van der Waals surface area contributed by atoms with Crippen molar-refractivity contribution in [3.05, 3.63) is 53.0 Å². The van der Waals surface area contributed by atoms with E-state index in [1.165, 1.54) is 0 Å². The van der Waals surface area contributed by atoms with Gasteiger partial charge in [0.25, 0.3) is 5.91 Å². The fourth-order valence-electron chi connectivity index (χ4n) is 4.05. The Morgan fingerprint density at radius 2 is 1.97 bits per heavy atom. The number of morpholine rings is 1. The van der Waals surface area contributed by atoms with Gasteiger partial charge < -0.3 is 14.5 Å². The number of hydrogen-bond acceptors (Lipinski definition) is 6. The number of para-hydroxylation sites is 1. The van der Waals surface area contributed by atoms with Crippen LogP contribution in [0.1, 0.15) is 46.7 Å². The van der Waals surface area contributed by atoms with Crippen LogP contribution in [0.25, 0.3) is 0 Å². The number of hydrogen-bond donors (Lipinski definition) is 2. The zero-order valence-electron chi connectivity index (χ0n) is 17.6. The van der Waals surface area contributed by atoms with E-state index in [1.54, 1.807) is 0 Å². The number of amides is 1. The second-order valence-electron chi connectivity index (χ2n) is 7.81. The summed E-state index contributed by atoms with van der Waals surface area (Å²) in [5, 5.41) is 7.63. The van der Waals surface area contributed by atoms with Crippen LogP contribution in [0.2, 0.25) is 0 Å². The monoisotopic (exact) mass is 410 g/mol. The van der Waals surface area contributed by atoms with Crippen LogP contribution in [0.4, 0.5) is 5.69 Å². The van der Waals surface area contributed by atoms with Gasteiger partial charge in [0.2, 0.25) is 0 Å². The highest BCUT2D eigenvalue weighted by molar-refractivity contribution is 6.06. The Morgan fingerprint density at radius 3 is 2.77 bits per heavy atom. The van der Waals surface area contributed by atoms with Gasteiger partial charge in [-0.15, -0.1) is 0 Å². The maximum Gasteiger partial charge on any atom is 0.287 e. The molecule has 0 spiro atoms. The lowest BCUT2D eigenvalue weighted by atomic mass is 9.93. The van der Waals surface area contributed by atoms with Gasteiger partial charge in [0, 0.05) is 37.2 Å². The van der Waals surface area contributed by atoms with Crippen molar-refractivity contribution in [1.29, 1.82) is 0 Å². The Hall–Kier alpha value is -2.64. The van der Waals surface area contributed by atoms with Crippen molar-refractivity contribution in [3.63, 3.8) is 0 Å². The van der Waals surface area contributed by atoms with Crippen LogP contribution in [0.3, 0.4) is 0 Å². The van der Waals surface area contributed by atoms with E-state index in [0.717, 1.165) is 86.8 Å². The first-order valence-electron chi connectivity index (χ1n) is 10.8. The Labute approximate surface area is 177 Å². The Kier molecular flexibility index (Phi) is 6.81. The summed E-state index contributed by atoms with van der Waals surface area (Å²) in [6, 6.07) is 9.87. The molecule has 1 fully saturated rings. The quantitative estimate of drug-likeness (QED) is 0.541. The molecule has 2 N–H and O–H groups in total. The van der Waals surface area contributed by atoms with Crippen LogP contribution >= 0.6 is 0 Å². The number of ether oxygens (including phenoxy) is 1. The molecule has 0 bridgehead atoms. The Bertz CT molecular complexity index is 885. The topological polar surface area (TPSA) is 79.1 Å². The maximum atomic E-state index is 12.7. The molecule has 2 aromatic rings. The molecule has 30 heavy (non-hydrogen) atoms. The van der Waals surface area contributed by atoms with Crippen molar-refractivity contribution in [3.8, 4) is 0 Å². The summed E-state index contributed by atoms with van der Waals surface area (Å²) in [4.78, 5) is 15.1. The van der Waals surface area contributed by atoms with Gasteiger partial charge in [0.15, 0.2) is 5.76 Å². The van der Waals surface area contributed by atoms with Crippen LogP contribution in [0.5, 0.6) is 0 Å². The van der Waals surface area contributed by atoms with Gasteiger partial charge >= 0.3 is 0 Å². The summed E-state index contributed by atoms with van der Waals surface area (Å²) in [6.07, 6.45) is 3.59. The van der Waals surface area contributed by atoms with E-state index in [-0.39, 0.29) is 5.91 Å². The molecule has 0 unspecified atom stereocenters. The van der Waals surface area contributed by atoms with E-state index < -0.39 is 0 Å². The van der Waals surface area contributed by atoms with Crippen LogP contribution in [-0.4, -0.2) is 55.9 Å². The molecule has 0 atom stereocenters. The number of anilines is 1. The third-order valence-corrected chi connectivity index (χ3v) is 5.67. The van der Waals surface area contributed by atoms with Crippen molar-refractivity contribution < 1.29 is 13.9 Å². The number of rotatable bonds is 7. The molecule has 1 aliphatic heterocycles. The molecular weight excluding hydrogens is 380 g/mol. The van der Waals surface area contributed by atoms with Gasteiger partial charge in [-0.3, -0.25) is 15.1 Å². The molecular formula is C23H30N4O3. The van der Waals surface area contributed by atoms with Gasteiger partial charge in [-0.25, -0.2) is 0 Å². The highest BCUT2D eigenvalue weighted by Crippen LogP contribution is 2.30. The van der Waals surface area contributed by atoms with E-state index in [4.69, 9.17) is 9.15 Å². The van der Waals surface area contributed by atoms with Crippen LogP contribution in [-0.2, 0) is 11.2 Å². The van der Waals surface area contributed by atoms with E-state index in [2.05, 4.69) is 20.7 Å². The molecule has 7 heteroatoms. The number of nitrogens with one attached hydrogen (secondary N) is 2. The molecule has 1 amide bonds. The van der Waals surface area contributed by atoms with Crippen LogP contribution in [0.15, 0.2) is 39.9 Å². The Morgan fingerprint density at radius 1 is 1.17 bits per heavy atom. The van der Waals surface area contributed by atoms with Crippen molar-refractivity contribution in [2.75, 3.05) is 44.8 Å². The zero-order chi connectivity index (χ0) is 20.8. The van der Waals surface area contributed by atoms with Crippen molar-refractivity contribution >= 4 is 17.3 Å². The van der Waals surface area contributed by atoms with Gasteiger partial charge in [-0.05, 0) is 44.9 Å². The minimum Gasteiger partial charge on any atom is -0.455 e. The van der Waals surface area contributed by atoms with Gasteiger partial charge in [-0.2, -0.15) is 5.10 Å².